The fourth-order valence-electron chi connectivity index (χ4n) is 4.09. The van der Waals surface area contributed by atoms with E-state index >= 15 is 0 Å². The molecule has 0 bridgehead atoms. The van der Waals surface area contributed by atoms with E-state index in [1.54, 1.807) is 0 Å². The molecule has 0 amide bonds. The molecule has 4 atom stereocenters. The third kappa shape index (κ3) is 3.69. The Kier molecular flexibility index (Phi) is 4.87. The number of likely N-dealkylation sites (tertiary alicyclic amines) is 1. The zero-order valence-corrected chi connectivity index (χ0v) is 11.9. The van der Waals surface area contributed by atoms with Crippen LogP contribution in [-0.2, 0) is 0 Å². The maximum absolute atomic E-state index is 3.50. The summed E-state index contributed by atoms with van der Waals surface area (Å²) in [5, 5.41) is 3.50. The third-order valence-electron chi connectivity index (χ3n) is 4.79. The third-order valence-corrected chi connectivity index (χ3v) is 4.79. The lowest BCUT2D eigenvalue weighted by atomic mass is 9.91. The highest BCUT2D eigenvalue weighted by atomic mass is 15.1. The summed E-state index contributed by atoms with van der Waals surface area (Å²) in [4.78, 5) is 2.71. The molecule has 0 radical (unpaired) electrons. The average Bonchev–Trinajstić information content (AvgIpc) is 2.72. The summed E-state index contributed by atoms with van der Waals surface area (Å²) in [6.07, 6.45) is 7.12. The van der Waals surface area contributed by atoms with Crippen LogP contribution in [0.1, 0.15) is 46.0 Å². The van der Waals surface area contributed by atoms with Crippen molar-refractivity contribution < 1.29 is 0 Å². The summed E-state index contributed by atoms with van der Waals surface area (Å²) >= 11 is 0. The topological polar surface area (TPSA) is 15.3 Å². The van der Waals surface area contributed by atoms with Gasteiger partial charge in [0.1, 0.15) is 0 Å². The second-order valence-electron chi connectivity index (χ2n) is 6.58. The molecule has 1 saturated heterocycles. The van der Waals surface area contributed by atoms with Crippen LogP contribution in [0.2, 0.25) is 0 Å². The molecule has 1 aliphatic carbocycles. The van der Waals surface area contributed by atoms with E-state index < -0.39 is 0 Å². The zero-order valence-electron chi connectivity index (χ0n) is 11.9. The largest absolute Gasteiger partial charge is 0.317 e. The van der Waals surface area contributed by atoms with Crippen LogP contribution >= 0.6 is 0 Å². The first-order chi connectivity index (χ1) is 8.19. The Labute approximate surface area is 107 Å². The Bertz CT molecular complexity index is 219. The van der Waals surface area contributed by atoms with Crippen molar-refractivity contribution in [2.24, 2.45) is 17.8 Å². The molecule has 17 heavy (non-hydrogen) atoms. The predicted molar refractivity (Wildman–Crippen MR) is 74.2 cm³/mol. The Balaban J connectivity index is 1.73. The number of nitrogens with one attached hydrogen (secondary N) is 1. The molecule has 0 aromatic heterocycles. The summed E-state index contributed by atoms with van der Waals surface area (Å²) in [7, 11) is 2.13. The van der Waals surface area contributed by atoms with E-state index in [-0.39, 0.29) is 0 Å². The first-order valence-corrected chi connectivity index (χ1v) is 7.58. The lowest BCUT2D eigenvalue weighted by molar-refractivity contribution is 0.131. The first kappa shape index (κ1) is 13.4. The van der Waals surface area contributed by atoms with E-state index in [1.165, 1.54) is 51.7 Å². The summed E-state index contributed by atoms with van der Waals surface area (Å²) < 4.78 is 0. The van der Waals surface area contributed by atoms with Crippen molar-refractivity contribution in [2.45, 2.75) is 52.0 Å². The monoisotopic (exact) mass is 238 g/mol. The van der Waals surface area contributed by atoms with Crippen LogP contribution in [0.25, 0.3) is 0 Å². The number of piperidine rings is 1. The fraction of sp³-hybridized carbons (Fsp3) is 1.00. The van der Waals surface area contributed by atoms with E-state index in [0.717, 1.165) is 23.8 Å². The van der Waals surface area contributed by atoms with Gasteiger partial charge in [-0.15, -0.1) is 0 Å². The Morgan fingerprint density at radius 2 is 1.82 bits per heavy atom. The van der Waals surface area contributed by atoms with Gasteiger partial charge in [0.25, 0.3) is 0 Å². The van der Waals surface area contributed by atoms with Gasteiger partial charge in [0.05, 0.1) is 0 Å². The van der Waals surface area contributed by atoms with E-state index in [1.807, 2.05) is 0 Å². The molecular formula is C15H30N2. The van der Waals surface area contributed by atoms with E-state index in [4.69, 9.17) is 0 Å². The number of rotatable bonds is 4. The highest BCUT2D eigenvalue weighted by Gasteiger charge is 2.27. The maximum atomic E-state index is 3.50. The summed E-state index contributed by atoms with van der Waals surface area (Å²) in [5.74, 6) is 2.75. The highest BCUT2D eigenvalue weighted by Crippen LogP contribution is 2.29. The van der Waals surface area contributed by atoms with Gasteiger partial charge in [-0.2, -0.15) is 0 Å². The smallest absolute Gasteiger partial charge is 0.00928 e. The van der Waals surface area contributed by atoms with Crippen molar-refractivity contribution in [1.29, 1.82) is 0 Å². The SMILES string of the molecule is CNC1CCCC1CCN1CC(C)CC(C)C1. The van der Waals surface area contributed by atoms with Gasteiger partial charge < -0.3 is 10.2 Å². The molecule has 0 spiro atoms. The fourth-order valence-corrected chi connectivity index (χ4v) is 4.09. The van der Waals surface area contributed by atoms with Crippen molar-refractivity contribution in [3.8, 4) is 0 Å². The van der Waals surface area contributed by atoms with Gasteiger partial charge >= 0.3 is 0 Å². The van der Waals surface area contributed by atoms with Crippen molar-refractivity contribution in [2.75, 3.05) is 26.7 Å². The molecule has 2 aliphatic rings. The van der Waals surface area contributed by atoms with Gasteiger partial charge in [0.2, 0.25) is 0 Å². The van der Waals surface area contributed by atoms with Gasteiger partial charge in [-0.25, -0.2) is 0 Å². The van der Waals surface area contributed by atoms with Crippen molar-refractivity contribution >= 4 is 0 Å². The normalized spacial score (nSPS) is 39.7. The molecular weight excluding hydrogens is 208 g/mol. The quantitative estimate of drug-likeness (QED) is 0.810. The van der Waals surface area contributed by atoms with Gasteiger partial charge in [-0.1, -0.05) is 20.3 Å². The first-order valence-electron chi connectivity index (χ1n) is 7.58. The minimum absolute atomic E-state index is 0.801. The molecule has 2 heteroatoms. The number of nitrogens with zero attached hydrogens (tertiary/aromatic N) is 1. The molecule has 2 fully saturated rings. The average molecular weight is 238 g/mol. The van der Waals surface area contributed by atoms with Crippen LogP contribution in [0.3, 0.4) is 0 Å². The second-order valence-corrected chi connectivity index (χ2v) is 6.58. The minimum Gasteiger partial charge on any atom is -0.317 e. The van der Waals surface area contributed by atoms with Crippen LogP contribution < -0.4 is 5.32 Å². The van der Waals surface area contributed by atoms with Crippen molar-refractivity contribution in [3.05, 3.63) is 0 Å². The number of hydrogen-bond donors (Lipinski definition) is 1. The Morgan fingerprint density at radius 1 is 1.12 bits per heavy atom. The maximum Gasteiger partial charge on any atom is 0.00928 e. The van der Waals surface area contributed by atoms with Crippen LogP contribution in [0.4, 0.5) is 0 Å². The lowest BCUT2D eigenvalue weighted by Crippen LogP contribution is -2.40. The molecule has 100 valence electrons. The zero-order chi connectivity index (χ0) is 12.3. The van der Waals surface area contributed by atoms with E-state index in [0.29, 0.717) is 0 Å². The molecule has 1 saturated carbocycles. The summed E-state index contributed by atoms with van der Waals surface area (Å²) in [6.45, 7) is 8.82. The minimum atomic E-state index is 0.801. The van der Waals surface area contributed by atoms with Crippen molar-refractivity contribution in [3.63, 3.8) is 0 Å². The van der Waals surface area contributed by atoms with Gasteiger partial charge in [0.15, 0.2) is 0 Å². The van der Waals surface area contributed by atoms with Crippen LogP contribution in [0, 0.1) is 17.8 Å². The molecule has 1 N–H and O–H groups in total. The molecule has 0 aromatic rings. The molecule has 0 aromatic carbocycles. The van der Waals surface area contributed by atoms with Gasteiger partial charge in [-0.3, -0.25) is 0 Å². The summed E-state index contributed by atoms with van der Waals surface area (Å²) in [6, 6.07) is 0.801. The second kappa shape index (κ2) is 6.19. The predicted octanol–water partition coefficient (Wildman–Crippen LogP) is 2.74. The van der Waals surface area contributed by atoms with Gasteiger partial charge in [-0.05, 0) is 57.0 Å². The van der Waals surface area contributed by atoms with Crippen LogP contribution in [0.15, 0.2) is 0 Å². The van der Waals surface area contributed by atoms with Crippen LogP contribution in [-0.4, -0.2) is 37.6 Å². The van der Waals surface area contributed by atoms with E-state index in [2.05, 4.69) is 31.1 Å². The Morgan fingerprint density at radius 3 is 2.47 bits per heavy atom. The lowest BCUT2D eigenvalue weighted by Gasteiger charge is -2.35. The molecule has 1 aliphatic heterocycles. The molecule has 2 rings (SSSR count). The van der Waals surface area contributed by atoms with E-state index in [9.17, 15) is 0 Å². The van der Waals surface area contributed by atoms with Gasteiger partial charge in [0, 0.05) is 19.1 Å². The highest BCUT2D eigenvalue weighted by molar-refractivity contribution is 4.83. The van der Waals surface area contributed by atoms with Crippen molar-refractivity contribution in [1.82, 2.24) is 10.2 Å². The summed E-state index contributed by atoms with van der Waals surface area (Å²) in [5.41, 5.74) is 0. The molecule has 1 heterocycles. The van der Waals surface area contributed by atoms with Crippen LogP contribution in [0.5, 0.6) is 0 Å². The number of hydrogen-bond acceptors (Lipinski definition) is 2. The Hall–Kier alpha value is -0.0800. The standard InChI is InChI=1S/C15H30N2/c1-12-9-13(2)11-17(10-12)8-7-14-5-4-6-15(14)16-3/h12-16H,4-11H2,1-3H3. The molecule has 2 nitrogen and oxygen atoms in total. The molecule has 4 unspecified atom stereocenters.